The molecule has 2 rings (SSSR count). The average molecular weight is 316 g/mol. The highest BCUT2D eigenvalue weighted by Gasteiger charge is 2.21. The van der Waals surface area contributed by atoms with Gasteiger partial charge in [0.05, 0.1) is 19.2 Å². The molecule has 0 fully saturated rings. The summed E-state index contributed by atoms with van der Waals surface area (Å²) in [5.41, 5.74) is 2.65. The van der Waals surface area contributed by atoms with Gasteiger partial charge in [-0.15, -0.1) is 0 Å². The lowest BCUT2D eigenvalue weighted by atomic mass is 10.1. The van der Waals surface area contributed by atoms with Gasteiger partial charge in [0, 0.05) is 5.69 Å². The van der Waals surface area contributed by atoms with E-state index < -0.39 is 12.0 Å². The van der Waals surface area contributed by atoms with Gasteiger partial charge >= 0.3 is 5.97 Å². The van der Waals surface area contributed by atoms with Gasteiger partial charge in [0.2, 0.25) is 5.91 Å². The maximum Gasteiger partial charge on any atom is 0.321 e. The van der Waals surface area contributed by atoms with Crippen LogP contribution in [0.4, 0.5) is 5.69 Å². The van der Waals surface area contributed by atoms with Gasteiger partial charge in [-0.3, -0.25) is 14.9 Å². The first-order chi connectivity index (χ1) is 11.0. The van der Waals surface area contributed by atoms with Crippen molar-refractivity contribution in [3.63, 3.8) is 0 Å². The van der Waals surface area contributed by atoms with Crippen molar-refractivity contribution in [1.29, 1.82) is 0 Å². The van der Waals surface area contributed by atoms with Crippen molar-refractivity contribution in [1.82, 2.24) is 5.32 Å². The predicted molar refractivity (Wildman–Crippen MR) is 86.1 cm³/mol. The summed E-state index contributed by atoms with van der Waals surface area (Å²) in [6.07, 6.45) is 1.35. The highest BCUT2D eigenvalue weighted by atomic mass is 16.4. The van der Waals surface area contributed by atoms with Crippen LogP contribution in [0, 0.1) is 13.8 Å². The Morgan fingerprint density at radius 2 is 2.04 bits per heavy atom. The Morgan fingerprint density at radius 1 is 1.26 bits per heavy atom. The van der Waals surface area contributed by atoms with E-state index in [-0.39, 0.29) is 18.9 Å². The van der Waals surface area contributed by atoms with E-state index >= 15 is 0 Å². The van der Waals surface area contributed by atoms with Crippen LogP contribution in [-0.4, -0.2) is 23.0 Å². The molecule has 0 aliphatic carbocycles. The number of hydrogen-bond donors (Lipinski definition) is 3. The van der Waals surface area contributed by atoms with Gasteiger partial charge in [0.15, 0.2) is 0 Å². The Hall–Kier alpha value is -2.60. The van der Waals surface area contributed by atoms with Gasteiger partial charge in [0.25, 0.3) is 0 Å². The fraction of sp³-hybridized carbons (Fsp3) is 0.294. The van der Waals surface area contributed by atoms with Crippen LogP contribution in [-0.2, 0) is 16.1 Å². The lowest BCUT2D eigenvalue weighted by Crippen LogP contribution is -2.39. The molecule has 0 radical (unpaired) electrons. The molecule has 3 N–H and O–H groups in total. The number of aryl methyl sites for hydroxylation is 2. The Kier molecular flexibility index (Phi) is 5.54. The van der Waals surface area contributed by atoms with Crippen LogP contribution >= 0.6 is 0 Å². The normalized spacial score (nSPS) is 11.9. The van der Waals surface area contributed by atoms with Crippen LogP contribution in [0.1, 0.15) is 23.3 Å². The molecule has 1 atom stereocenters. The van der Waals surface area contributed by atoms with Crippen LogP contribution in [0.15, 0.2) is 41.0 Å². The van der Waals surface area contributed by atoms with E-state index in [1.807, 2.05) is 32.0 Å². The summed E-state index contributed by atoms with van der Waals surface area (Å²) in [4.78, 5) is 23.4. The van der Waals surface area contributed by atoms with Gasteiger partial charge in [-0.25, -0.2) is 0 Å². The van der Waals surface area contributed by atoms with Gasteiger partial charge < -0.3 is 14.8 Å². The van der Waals surface area contributed by atoms with Crippen molar-refractivity contribution in [3.8, 4) is 0 Å². The molecule has 1 aromatic heterocycles. The topological polar surface area (TPSA) is 91.6 Å². The minimum atomic E-state index is -1.08. The SMILES string of the molecule is Cc1ccc(C)c(NC(=O)C[C@H](NCc2ccco2)C(=O)O)c1. The van der Waals surface area contributed by atoms with Crippen molar-refractivity contribution in [2.45, 2.75) is 32.9 Å². The third kappa shape index (κ3) is 4.96. The van der Waals surface area contributed by atoms with Crippen molar-refractivity contribution in [2.75, 3.05) is 5.32 Å². The standard InChI is InChI=1S/C17H20N2O4/c1-11-5-6-12(2)14(8-11)19-16(20)9-15(17(21)22)18-10-13-4-3-7-23-13/h3-8,15,18H,9-10H2,1-2H3,(H,19,20)(H,21,22)/t15-/m0/s1. The van der Waals surface area contributed by atoms with Crippen molar-refractivity contribution >= 4 is 17.6 Å². The van der Waals surface area contributed by atoms with Crippen molar-refractivity contribution < 1.29 is 19.1 Å². The molecule has 1 aromatic carbocycles. The molecule has 1 amide bonds. The zero-order valence-corrected chi connectivity index (χ0v) is 13.1. The predicted octanol–water partition coefficient (Wildman–Crippen LogP) is 2.47. The summed E-state index contributed by atoms with van der Waals surface area (Å²) in [6.45, 7) is 4.07. The number of furan rings is 1. The van der Waals surface area contributed by atoms with Crippen LogP contribution < -0.4 is 10.6 Å². The van der Waals surface area contributed by atoms with Crippen LogP contribution in [0.25, 0.3) is 0 Å². The average Bonchev–Trinajstić information content (AvgIpc) is 3.00. The smallest absolute Gasteiger partial charge is 0.321 e. The molecule has 122 valence electrons. The summed E-state index contributed by atoms with van der Waals surface area (Å²) in [6, 6.07) is 8.21. The number of carboxylic acid groups (broad SMARTS) is 1. The highest BCUT2D eigenvalue weighted by Crippen LogP contribution is 2.16. The molecule has 0 bridgehead atoms. The van der Waals surface area contributed by atoms with E-state index in [2.05, 4.69) is 10.6 Å². The third-order valence-electron chi connectivity index (χ3n) is 3.46. The minimum Gasteiger partial charge on any atom is -0.480 e. The first-order valence-corrected chi connectivity index (χ1v) is 7.31. The monoisotopic (exact) mass is 316 g/mol. The molecule has 6 heteroatoms. The molecular weight excluding hydrogens is 296 g/mol. The largest absolute Gasteiger partial charge is 0.480 e. The Labute approximate surface area is 134 Å². The number of aliphatic carboxylic acids is 1. The number of hydrogen-bond acceptors (Lipinski definition) is 4. The number of carboxylic acids is 1. The molecule has 2 aromatic rings. The number of carbonyl (C=O) groups excluding carboxylic acids is 1. The second-order valence-corrected chi connectivity index (χ2v) is 5.42. The zero-order valence-electron chi connectivity index (χ0n) is 13.1. The molecule has 1 heterocycles. The number of carbonyl (C=O) groups is 2. The van der Waals surface area contributed by atoms with E-state index in [0.29, 0.717) is 11.4 Å². The third-order valence-corrected chi connectivity index (χ3v) is 3.46. The van der Waals surface area contributed by atoms with Crippen molar-refractivity contribution in [2.24, 2.45) is 0 Å². The maximum absolute atomic E-state index is 12.1. The molecule has 0 saturated carbocycles. The molecule has 0 saturated heterocycles. The van der Waals surface area contributed by atoms with E-state index in [0.717, 1.165) is 11.1 Å². The van der Waals surface area contributed by atoms with Gasteiger partial charge in [-0.1, -0.05) is 12.1 Å². The lowest BCUT2D eigenvalue weighted by Gasteiger charge is -2.14. The maximum atomic E-state index is 12.1. The Morgan fingerprint density at radius 3 is 2.70 bits per heavy atom. The first kappa shape index (κ1) is 16.8. The van der Waals surface area contributed by atoms with Gasteiger partial charge in [-0.05, 0) is 43.2 Å². The lowest BCUT2D eigenvalue weighted by molar-refractivity contribution is -0.141. The molecule has 23 heavy (non-hydrogen) atoms. The van der Waals surface area contributed by atoms with Crippen LogP contribution in [0.5, 0.6) is 0 Å². The summed E-state index contributed by atoms with van der Waals surface area (Å²) >= 11 is 0. The van der Waals surface area contributed by atoms with E-state index in [4.69, 9.17) is 4.42 Å². The molecule has 0 aliphatic rings. The fourth-order valence-corrected chi connectivity index (χ4v) is 2.14. The summed E-state index contributed by atoms with van der Waals surface area (Å²) in [5.74, 6) is -0.808. The summed E-state index contributed by atoms with van der Waals surface area (Å²) in [7, 11) is 0. The number of nitrogens with one attached hydrogen (secondary N) is 2. The quantitative estimate of drug-likeness (QED) is 0.730. The fourth-order valence-electron chi connectivity index (χ4n) is 2.14. The van der Waals surface area contributed by atoms with Crippen molar-refractivity contribution in [3.05, 3.63) is 53.5 Å². The van der Waals surface area contributed by atoms with E-state index in [9.17, 15) is 14.7 Å². The highest BCUT2D eigenvalue weighted by molar-refractivity contribution is 5.94. The second kappa shape index (κ2) is 7.60. The minimum absolute atomic E-state index is 0.163. The van der Waals surface area contributed by atoms with E-state index in [1.165, 1.54) is 6.26 Å². The molecule has 0 spiro atoms. The van der Waals surface area contributed by atoms with Crippen LogP contribution in [0.2, 0.25) is 0 Å². The molecule has 0 aliphatic heterocycles. The number of benzene rings is 1. The Balaban J connectivity index is 1.94. The van der Waals surface area contributed by atoms with Gasteiger partial charge in [-0.2, -0.15) is 0 Å². The molecular formula is C17H20N2O4. The number of amides is 1. The van der Waals surface area contributed by atoms with Crippen LogP contribution in [0.3, 0.4) is 0 Å². The number of anilines is 1. The molecule has 0 unspecified atom stereocenters. The van der Waals surface area contributed by atoms with Gasteiger partial charge in [0.1, 0.15) is 11.8 Å². The zero-order chi connectivity index (χ0) is 16.8. The summed E-state index contributed by atoms with van der Waals surface area (Å²) in [5, 5.41) is 14.8. The second-order valence-electron chi connectivity index (χ2n) is 5.42. The molecule has 6 nitrogen and oxygen atoms in total. The number of rotatable bonds is 7. The van der Waals surface area contributed by atoms with E-state index in [1.54, 1.807) is 12.1 Å². The first-order valence-electron chi connectivity index (χ1n) is 7.31. The summed E-state index contributed by atoms with van der Waals surface area (Å²) < 4.78 is 5.14. The Bertz CT molecular complexity index is 680.